The van der Waals surface area contributed by atoms with E-state index in [0.717, 1.165) is 15.7 Å². The third kappa shape index (κ3) is 5.02. The number of carbonyl (C=O) groups is 1. The van der Waals surface area contributed by atoms with Gasteiger partial charge in [0.05, 0.1) is 17.2 Å². The second kappa shape index (κ2) is 7.42. The molecule has 7 heteroatoms. The number of anilines is 1. The number of benzene rings is 1. The molecule has 0 aliphatic rings. The van der Waals surface area contributed by atoms with Crippen LogP contribution in [0.25, 0.3) is 0 Å². The Labute approximate surface area is 139 Å². The van der Waals surface area contributed by atoms with E-state index in [4.69, 9.17) is 4.42 Å². The monoisotopic (exact) mass is 413 g/mol. The highest BCUT2D eigenvalue weighted by Gasteiger charge is 2.04. The number of nitrogens with one attached hydrogen (secondary N) is 2. The molecule has 0 unspecified atom stereocenters. The lowest BCUT2D eigenvalue weighted by atomic mass is 10.2. The summed E-state index contributed by atoms with van der Waals surface area (Å²) in [5.41, 5.74) is 4.45. The number of rotatable bonds is 5. The minimum Gasteiger partial charge on any atom is -0.447 e. The lowest BCUT2D eigenvalue weighted by molar-refractivity contribution is -0.119. The molecule has 2 N–H and O–H groups in total. The van der Waals surface area contributed by atoms with Crippen LogP contribution >= 0.6 is 31.9 Å². The van der Waals surface area contributed by atoms with E-state index in [0.29, 0.717) is 10.4 Å². The van der Waals surface area contributed by atoms with Gasteiger partial charge in [-0.2, -0.15) is 5.10 Å². The molecule has 0 atom stereocenters. The van der Waals surface area contributed by atoms with E-state index in [1.165, 1.54) is 6.21 Å². The molecule has 110 valence electrons. The smallest absolute Gasteiger partial charge is 0.259 e. The summed E-state index contributed by atoms with van der Waals surface area (Å²) in [6.45, 7) is 2.14. The number of furan rings is 1. The Kier molecular flexibility index (Phi) is 5.58. The van der Waals surface area contributed by atoms with Crippen LogP contribution in [-0.4, -0.2) is 18.7 Å². The number of hydrogen-bond acceptors (Lipinski definition) is 4. The number of amides is 1. The van der Waals surface area contributed by atoms with E-state index in [2.05, 4.69) is 47.7 Å². The number of nitrogens with zero attached hydrogens (tertiary/aromatic N) is 1. The topological polar surface area (TPSA) is 66.6 Å². The summed E-state index contributed by atoms with van der Waals surface area (Å²) in [5, 5.41) is 6.85. The molecule has 1 amide bonds. The van der Waals surface area contributed by atoms with Crippen LogP contribution in [0.3, 0.4) is 0 Å². The van der Waals surface area contributed by atoms with Crippen LogP contribution in [0.1, 0.15) is 11.3 Å². The van der Waals surface area contributed by atoms with E-state index >= 15 is 0 Å². The van der Waals surface area contributed by atoms with Crippen molar-refractivity contribution in [2.45, 2.75) is 6.92 Å². The maximum Gasteiger partial charge on any atom is 0.259 e. The molecule has 1 aromatic carbocycles. The van der Waals surface area contributed by atoms with Crippen LogP contribution < -0.4 is 10.7 Å². The Morgan fingerprint density at radius 3 is 2.86 bits per heavy atom. The second-order valence-electron chi connectivity index (χ2n) is 4.29. The first-order valence-electron chi connectivity index (χ1n) is 6.12. The predicted molar refractivity (Wildman–Crippen MR) is 89.5 cm³/mol. The van der Waals surface area contributed by atoms with Gasteiger partial charge in [-0.05, 0) is 56.5 Å². The molecule has 0 saturated heterocycles. The standard InChI is InChI=1S/C14H13Br2N3O2/c1-9-3-2-4-10(5-9)17-8-13(20)19-18-7-11-6-12(15)14(16)21-11/h2-7,17H,8H2,1H3,(H,19,20). The summed E-state index contributed by atoms with van der Waals surface area (Å²) < 4.78 is 6.66. The second-order valence-corrected chi connectivity index (χ2v) is 5.86. The lowest BCUT2D eigenvalue weighted by Crippen LogP contribution is -2.25. The third-order valence-corrected chi connectivity index (χ3v) is 4.23. The van der Waals surface area contributed by atoms with Crippen LogP contribution in [0.2, 0.25) is 0 Å². The zero-order valence-corrected chi connectivity index (χ0v) is 14.4. The Bertz CT molecular complexity index is 648. The SMILES string of the molecule is Cc1cccc(NCC(=O)NN=Cc2cc(Br)c(Br)o2)c1. The van der Waals surface area contributed by atoms with Gasteiger partial charge in [0.15, 0.2) is 4.67 Å². The third-order valence-electron chi connectivity index (χ3n) is 2.52. The predicted octanol–water partition coefficient (Wildman–Crippen LogP) is 3.68. The van der Waals surface area contributed by atoms with Crippen molar-refractivity contribution in [2.75, 3.05) is 11.9 Å². The number of halogens is 2. The molecular formula is C14H13Br2N3O2. The Balaban J connectivity index is 1.79. The van der Waals surface area contributed by atoms with E-state index in [1.54, 1.807) is 6.07 Å². The van der Waals surface area contributed by atoms with Crippen molar-refractivity contribution in [2.24, 2.45) is 5.10 Å². The fourth-order valence-electron chi connectivity index (χ4n) is 1.57. The summed E-state index contributed by atoms with van der Waals surface area (Å²) in [6, 6.07) is 9.54. The van der Waals surface area contributed by atoms with Crippen molar-refractivity contribution in [1.82, 2.24) is 5.43 Å². The summed E-state index contributed by atoms with van der Waals surface area (Å²) in [4.78, 5) is 11.6. The van der Waals surface area contributed by atoms with Gasteiger partial charge in [-0.1, -0.05) is 12.1 Å². The van der Waals surface area contributed by atoms with Crippen molar-refractivity contribution in [1.29, 1.82) is 0 Å². The lowest BCUT2D eigenvalue weighted by Gasteiger charge is -2.05. The number of hydrogen-bond donors (Lipinski definition) is 2. The van der Waals surface area contributed by atoms with E-state index in [9.17, 15) is 4.79 Å². The highest BCUT2D eigenvalue weighted by molar-refractivity contribution is 9.13. The van der Waals surface area contributed by atoms with Gasteiger partial charge in [-0.25, -0.2) is 5.43 Å². The Morgan fingerprint density at radius 1 is 1.38 bits per heavy atom. The van der Waals surface area contributed by atoms with Gasteiger partial charge in [0, 0.05) is 11.8 Å². The molecule has 0 spiro atoms. The Hall–Kier alpha value is -1.60. The van der Waals surface area contributed by atoms with Crippen LogP contribution in [0.15, 0.2) is 49.0 Å². The van der Waals surface area contributed by atoms with Gasteiger partial charge in [0.25, 0.3) is 5.91 Å². The molecule has 0 fully saturated rings. The molecule has 2 aromatic rings. The van der Waals surface area contributed by atoms with E-state index < -0.39 is 0 Å². The minimum absolute atomic E-state index is 0.145. The average Bonchev–Trinajstić information content (AvgIpc) is 2.75. The van der Waals surface area contributed by atoms with Gasteiger partial charge in [-0.15, -0.1) is 0 Å². The van der Waals surface area contributed by atoms with Gasteiger partial charge >= 0.3 is 0 Å². The van der Waals surface area contributed by atoms with Crippen LogP contribution in [-0.2, 0) is 4.79 Å². The van der Waals surface area contributed by atoms with Crippen molar-refractivity contribution in [3.05, 3.63) is 50.8 Å². The summed E-state index contributed by atoms with van der Waals surface area (Å²) in [6.07, 6.45) is 1.43. The molecule has 0 bridgehead atoms. The summed E-state index contributed by atoms with van der Waals surface area (Å²) in [7, 11) is 0. The first-order chi connectivity index (χ1) is 10.0. The van der Waals surface area contributed by atoms with Gasteiger partial charge < -0.3 is 9.73 Å². The normalized spacial score (nSPS) is 10.8. The molecule has 0 saturated carbocycles. The zero-order chi connectivity index (χ0) is 15.2. The first kappa shape index (κ1) is 15.8. The van der Waals surface area contributed by atoms with Crippen molar-refractivity contribution in [3.63, 3.8) is 0 Å². The highest BCUT2D eigenvalue weighted by atomic mass is 79.9. The maximum absolute atomic E-state index is 11.6. The van der Waals surface area contributed by atoms with Gasteiger partial charge in [0.2, 0.25) is 0 Å². The molecule has 5 nitrogen and oxygen atoms in total. The highest BCUT2D eigenvalue weighted by Crippen LogP contribution is 2.25. The molecule has 0 aliphatic carbocycles. The minimum atomic E-state index is -0.238. The first-order valence-corrected chi connectivity index (χ1v) is 7.70. The Morgan fingerprint density at radius 2 is 2.19 bits per heavy atom. The zero-order valence-electron chi connectivity index (χ0n) is 11.2. The van der Waals surface area contributed by atoms with Crippen molar-refractivity contribution >= 4 is 49.7 Å². The number of carbonyl (C=O) groups excluding carboxylic acids is 1. The molecule has 1 heterocycles. The summed E-state index contributed by atoms with van der Waals surface area (Å²) in [5.74, 6) is 0.290. The quantitative estimate of drug-likeness (QED) is 0.579. The molecule has 0 radical (unpaired) electrons. The van der Waals surface area contributed by atoms with Gasteiger partial charge in [0.1, 0.15) is 5.76 Å². The molecular weight excluding hydrogens is 402 g/mol. The maximum atomic E-state index is 11.6. The van der Waals surface area contributed by atoms with Crippen LogP contribution in [0, 0.1) is 6.92 Å². The van der Waals surface area contributed by atoms with E-state index in [-0.39, 0.29) is 12.5 Å². The molecule has 1 aromatic heterocycles. The fraction of sp³-hybridized carbons (Fsp3) is 0.143. The van der Waals surface area contributed by atoms with Crippen molar-refractivity contribution < 1.29 is 9.21 Å². The molecule has 0 aliphatic heterocycles. The molecule has 2 rings (SSSR count). The molecule has 21 heavy (non-hydrogen) atoms. The van der Waals surface area contributed by atoms with Crippen LogP contribution in [0.5, 0.6) is 0 Å². The summed E-state index contributed by atoms with van der Waals surface area (Å²) >= 11 is 6.51. The number of aryl methyl sites for hydroxylation is 1. The fourth-order valence-corrected chi connectivity index (χ4v) is 2.18. The van der Waals surface area contributed by atoms with Crippen LogP contribution in [0.4, 0.5) is 5.69 Å². The average molecular weight is 415 g/mol. The van der Waals surface area contributed by atoms with E-state index in [1.807, 2.05) is 31.2 Å². The van der Waals surface area contributed by atoms with Crippen molar-refractivity contribution in [3.8, 4) is 0 Å². The largest absolute Gasteiger partial charge is 0.447 e. The number of hydrazone groups is 1. The van der Waals surface area contributed by atoms with Gasteiger partial charge in [-0.3, -0.25) is 4.79 Å².